The number of hydrogen-bond donors (Lipinski definition) is 5. The first-order valence-corrected chi connectivity index (χ1v) is 6.83. The number of aromatic carboxylic acids is 1. The highest BCUT2D eigenvalue weighted by molar-refractivity contribution is 6.31. The van der Waals surface area contributed by atoms with Gasteiger partial charge in [0.25, 0.3) is 0 Å². The summed E-state index contributed by atoms with van der Waals surface area (Å²) >= 11 is 5.58. The number of hydrogen-bond acceptors (Lipinski definition) is 7. The number of halogens is 2. The Morgan fingerprint density at radius 2 is 1.91 bits per heavy atom. The molecule has 0 saturated carbocycles. The van der Waals surface area contributed by atoms with Crippen molar-refractivity contribution in [1.82, 2.24) is 0 Å². The van der Waals surface area contributed by atoms with Crippen molar-refractivity contribution < 1.29 is 44.2 Å². The van der Waals surface area contributed by atoms with Crippen LogP contribution in [0.25, 0.3) is 0 Å². The third-order valence-electron chi connectivity index (χ3n) is 3.32. The summed E-state index contributed by atoms with van der Waals surface area (Å²) in [6.07, 6.45) is -8.15. The Kier molecular flexibility index (Phi) is 5.40. The first-order valence-electron chi connectivity index (χ1n) is 6.45. The third kappa shape index (κ3) is 3.55. The van der Waals surface area contributed by atoms with E-state index in [2.05, 4.69) is 0 Å². The number of aliphatic hydroxyl groups is 4. The molecule has 0 bridgehead atoms. The van der Waals surface area contributed by atoms with Gasteiger partial charge in [-0.25, -0.2) is 9.18 Å². The van der Waals surface area contributed by atoms with E-state index >= 15 is 0 Å². The second-order valence-corrected chi connectivity index (χ2v) is 5.32. The molecule has 1 saturated heterocycles. The van der Waals surface area contributed by atoms with Crippen molar-refractivity contribution in [1.29, 1.82) is 0 Å². The summed E-state index contributed by atoms with van der Waals surface area (Å²) in [6, 6.07) is 1.74. The number of benzene rings is 1. The quantitative estimate of drug-likeness (QED) is 0.482. The lowest BCUT2D eigenvalue weighted by Crippen LogP contribution is -2.60. The number of rotatable bonds is 4. The van der Waals surface area contributed by atoms with Gasteiger partial charge in [0.05, 0.1) is 6.61 Å². The van der Waals surface area contributed by atoms with E-state index in [1.807, 2.05) is 0 Å². The average molecular weight is 353 g/mol. The largest absolute Gasteiger partial charge is 0.478 e. The van der Waals surface area contributed by atoms with Crippen LogP contribution in [0.3, 0.4) is 0 Å². The van der Waals surface area contributed by atoms with Crippen LogP contribution < -0.4 is 4.74 Å². The lowest BCUT2D eigenvalue weighted by molar-refractivity contribution is -0.278. The van der Waals surface area contributed by atoms with Crippen LogP contribution in [-0.4, -0.2) is 68.8 Å². The highest BCUT2D eigenvalue weighted by Gasteiger charge is 2.45. The van der Waals surface area contributed by atoms with E-state index in [1.165, 1.54) is 0 Å². The minimum atomic E-state index is -1.80. The van der Waals surface area contributed by atoms with Crippen molar-refractivity contribution in [3.8, 4) is 5.75 Å². The van der Waals surface area contributed by atoms with Crippen molar-refractivity contribution >= 4 is 17.6 Å². The zero-order valence-corrected chi connectivity index (χ0v) is 12.2. The average Bonchev–Trinajstić information content (AvgIpc) is 2.49. The van der Waals surface area contributed by atoms with Gasteiger partial charge in [0, 0.05) is 5.02 Å². The monoisotopic (exact) mass is 352 g/mol. The Morgan fingerprint density at radius 1 is 1.26 bits per heavy atom. The van der Waals surface area contributed by atoms with Crippen LogP contribution in [0.15, 0.2) is 12.1 Å². The maximum Gasteiger partial charge on any atom is 0.339 e. The molecule has 1 aliphatic heterocycles. The van der Waals surface area contributed by atoms with Crippen LogP contribution in [0.1, 0.15) is 10.4 Å². The van der Waals surface area contributed by atoms with Gasteiger partial charge in [-0.3, -0.25) is 0 Å². The molecular formula is C13H14ClFO8. The summed E-state index contributed by atoms with van der Waals surface area (Å²) in [4.78, 5) is 11.1. The van der Waals surface area contributed by atoms with Crippen molar-refractivity contribution in [2.75, 3.05) is 6.61 Å². The van der Waals surface area contributed by atoms with Crippen LogP contribution in [0, 0.1) is 5.82 Å². The minimum absolute atomic E-state index is 0.180. The highest BCUT2D eigenvalue weighted by Crippen LogP contribution is 2.31. The standard InChI is InChI=1S/C13H14ClFO8/c14-4-1-5(12(20)21)11(6(15)2-4)23-13-10(19)9(18)8(17)7(3-16)22-13/h1-2,7-10,13,16-19H,3H2,(H,20,21)/t7-,8-,9+,10-,13?/m1/s1. The fourth-order valence-corrected chi connectivity index (χ4v) is 2.32. The predicted molar refractivity (Wildman–Crippen MR) is 72.8 cm³/mol. The molecule has 1 aliphatic rings. The van der Waals surface area contributed by atoms with Crippen LogP contribution in [0.4, 0.5) is 4.39 Å². The second-order valence-electron chi connectivity index (χ2n) is 4.88. The molecular weight excluding hydrogens is 339 g/mol. The topological polar surface area (TPSA) is 137 Å². The van der Waals surface area contributed by atoms with Gasteiger partial charge in [-0.05, 0) is 12.1 Å². The molecule has 0 aliphatic carbocycles. The lowest BCUT2D eigenvalue weighted by Gasteiger charge is -2.39. The van der Waals surface area contributed by atoms with Gasteiger partial charge >= 0.3 is 5.97 Å². The molecule has 5 N–H and O–H groups in total. The summed E-state index contributed by atoms with van der Waals surface area (Å²) in [6.45, 7) is -0.709. The summed E-state index contributed by atoms with van der Waals surface area (Å²) in [7, 11) is 0. The Morgan fingerprint density at radius 3 is 2.48 bits per heavy atom. The minimum Gasteiger partial charge on any atom is -0.478 e. The van der Waals surface area contributed by atoms with Crippen molar-refractivity contribution in [2.24, 2.45) is 0 Å². The molecule has 8 nitrogen and oxygen atoms in total. The molecule has 0 radical (unpaired) electrons. The molecule has 0 spiro atoms. The van der Waals surface area contributed by atoms with Crippen LogP contribution in [-0.2, 0) is 4.74 Å². The van der Waals surface area contributed by atoms with Crippen LogP contribution in [0.5, 0.6) is 5.75 Å². The Bertz CT molecular complexity index is 596. The molecule has 10 heteroatoms. The molecule has 1 aromatic rings. The number of carboxylic acid groups (broad SMARTS) is 1. The summed E-state index contributed by atoms with van der Waals surface area (Å²) in [5.74, 6) is -3.41. The lowest BCUT2D eigenvalue weighted by atomic mass is 9.99. The van der Waals surface area contributed by atoms with E-state index in [0.29, 0.717) is 0 Å². The van der Waals surface area contributed by atoms with Gasteiger partial charge in [-0.2, -0.15) is 0 Å². The van der Waals surface area contributed by atoms with Gasteiger partial charge in [-0.1, -0.05) is 11.6 Å². The molecule has 23 heavy (non-hydrogen) atoms. The van der Waals surface area contributed by atoms with Gasteiger partial charge in [0.2, 0.25) is 6.29 Å². The van der Waals surface area contributed by atoms with Crippen molar-refractivity contribution in [2.45, 2.75) is 30.7 Å². The SMILES string of the molecule is O=C(O)c1cc(Cl)cc(F)c1OC1O[C@H](CO)[C@@H](O)[C@H](O)[C@H]1O. The van der Waals surface area contributed by atoms with E-state index in [-0.39, 0.29) is 5.02 Å². The fraction of sp³-hybridized carbons (Fsp3) is 0.462. The highest BCUT2D eigenvalue weighted by atomic mass is 35.5. The molecule has 1 fully saturated rings. The maximum atomic E-state index is 13.9. The van der Waals surface area contributed by atoms with E-state index in [1.54, 1.807) is 0 Å². The van der Waals surface area contributed by atoms with E-state index in [9.17, 15) is 24.5 Å². The molecule has 1 heterocycles. The van der Waals surface area contributed by atoms with E-state index in [4.69, 9.17) is 31.3 Å². The predicted octanol–water partition coefficient (Wildman–Crippen LogP) is -0.644. The Hall–Kier alpha value is -1.49. The fourth-order valence-electron chi connectivity index (χ4n) is 2.12. The normalized spacial score (nSPS) is 31.0. The van der Waals surface area contributed by atoms with E-state index < -0.39 is 60.4 Å². The number of aliphatic hydroxyl groups excluding tert-OH is 4. The van der Waals surface area contributed by atoms with Crippen LogP contribution in [0.2, 0.25) is 5.02 Å². The number of carboxylic acids is 1. The first-order chi connectivity index (χ1) is 10.8. The molecule has 0 amide bonds. The molecule has 128 valence electrons. The Balaban J connectivity index is 2.33. The van der Waals surface area contributed by atoms with Gasteiger partial charge in [0.1, 0.15) is 30.0 Å². The summed E-state index contributed by atoms with van der Waals surface area (Å²) < 4.78 is 24.0. The zero-order chi connectivity index (χ0) is 17.3. The molecule has 5 atom stereocenters. The summed E-state index contributed by atoms with van der Waals surface area (Å²) in [5.41, 5.74) is -0.619. The number of ether oxygens (including phenoxy) is 2. The van der Waals surface area contributed by atoms with Crippen LogP contribution >= 0.6 is 11.6 Å². The molecule has 1 unspecified atom stereocenters. The third-order valence-corrected chi connectivity index (χ3v) is 3.54. The van der Waals surface area contributed by atoms with Gasteiger partial charge in [-0.15, -0.1) is 0 Å². The number of carbonyl (C=O) groups is 1. The molecule has 1 aromatic carbocycles. The van der Waals surface area contributed by atoms with Crippen molar-refractivity contribution in [3.63, 3.8) is 0 Å². The first kappa shape index (κ1) is 17.9. The Labute approximate surface area is 134 Å². The van der Waals surface area contributed by atoms with E-state index in [0.717, 1.165) is 12.1 Å². The molecule has 2 rings (SSSR count). The maximum absolute atomic E-state index is 13.9. The smallest absolute Gasteiger partial charge is 0.339 e. The zero-order valence-electron chi connectivity index (χ0n) is 11.5. The van der Waals surface area contributed by atoms with Gasteiger partial charge < -0.3 is 35.0 Å². The molecule has 0 aromatic heterocycles. The summed E-state index contributed by atoms with van der Waals surface area (Å²) in [5, 5.41) is 47.0. The second kappa shape index (κ2) is 6.95. The van der Waals surface area contributed by atoms with Crippen molar-refractivity contribution in [3.05, 3.63) is 28.5 Å². The van der Waals surface area contributed by atoms with Gasteiger partial charge in [0.15, 0.2) is 11.6 Å².